The molecule has 8 heteroatoms. The molecular formula is C19H16N6OS. The van der Waals surface area contributed by atoms with Crippen molar-refractivity contribution in [3.8, 4) is 22.6 Å². The van der Waals surface area contributed by atoms with Crippen LogP contribution < -0.4 is 10.6 Å². The van der Waals surface area contributed by atoms with Gasteiger partial charge in [0.05, 0.1) is 34.7 Å². The number of carbonyl (C=O) groups excluding carboxylic acids is 1. The van der Waals surface area contributed by atoms with E-state index in [2.05, 4.69) is 22.8 Å². The molecule has 1 amide bonds. The van der Waals surface area contributed by atoms with Crippen LogP contribution in [0.15, 0.2) is 30.3 Å². The van der Waals surface area contributed by atoms with Crippen molar-refractivity contribution in [1.82, 2.24) is 15.5 Å². The maximum absolute atomic E-state index is 12.7. The molecule has 3 heterocycles. The van der Waals surface area contributed by atoms with Crippen molar-refractivity contribution in [3.63, 3.8) is 0 Å². The Morgan fingerprint density at radius 3 is 2.63 bits per heavy atom. The number of nitriles is 2. The van der Waals surface area contributed by atoms with E-state index in [-0.39, 0.29) is 17.8 Å². The highest BCUT2D eigenvalue weighted by molar-refractivity contribution is 7.15. The lowest BCUT2D eigenvalue weighted by Crippen LogP contribution is -2.64. The Morgan fingerprint density at radius 1 is 1.26 bits per heavy atom. The van der Waals surface area contributed by atoms with Crippen LogP contribution in [0.3, 0.4) is 0 Å². The Labute approximate surface area is 160 Å². The first-order chi connectivity index (χ1) is 13.0. The quantitative estimate of drug-likeness (QED) is 0.736. The third-order valence-corrected chi connectivity index (χ3v) is 6.49. The third kappa shape index (κ3) is 2.58. The molecule has 7 nitrogen and oxygen atoms in total. The number of nitrogens with one attached hydrogen (secondary N) is 3. The molecule has 1 aromatic heterocycles. The van der Waals surface area contributed by atoms with Crippen molar-refractivity contribution < 1.29 is 4.79 Å². The molecule has 0 radical (unpaired) electrons. The van der Waals surface area contributed by atoms with Crippen molar-refractivity contribution in [2.24, 2.45) is 5.92 Å². The molecule has 134 valence electrons. The second-order valence-corrected chi connectivity index (χ2v) is 7.80. The highest BCUT2D eigenvalue weighted by Gasteiger charge is 2.54. The van der Waals surface area contributed by atoms with Crippen LogP contribution in [0.4, 0.5) is 0 Å². The number of carbonyl (C=O) groups is 1. The number of amides is 1. The molecule has 1 aromatic carbocycles. The standard InChI is InChI=1S/C19H16N6OS/c1-25-17(26)14-9-23-10-19(14,24-18(25)22)16-3-2-15(27-16)13-5-11(7-20)4-12(6-13)8-21/h2-6,14,23H,9-10H2,1H3,(H2,22,24)/t14-,19-/m0/s1. The SMILES string of the molecule is CN1C(=N)N[C@@]2(c3ccc(-c4cc(C#N)cc(C#N)c4)s3)CNC[C@H]2C1=O. The summed E-state index contributed by atoms with van der Waals surface area (Å²) in [5.74, 6) is -0.270. The van der Waals surface area contributed by atoms with Gasteiger partial charge in [-0.2, -0.15) is 10.5 Å². The molecule has 4 rings (SSSR count). The van der Waals surface area contributed by atoms with Gasteiger partial charge in [-0.05, 0) is 35.9 Å². The van der Waals surface area contributed by atoms with E-state index in [1.54, 1.807) is 25.2 Å². The van der Waals surface area contributed by atoms with Gasteiger partial charge in [0.2, 0.25) is 5.91 Å². The van der Waals surface area contributed by atoms with E-state index in [1.807, 2.05) is 12.1 Å². The van der Waals surface area contributed by atoms with Crippen LogP contribution in [0.5, 0.6) is 0 Å². The molecule has 27 heavy (non-hydrogen) atoms. The minimum Gasteiger partial charge on any atom is -0.344 e. The summed E-state index contributed by atoms with van der Waals surface area (Å²) in [6.45, 7) is 1.11. The molecule has 0 saturated carbocycles. The molecule has 0 spiro atoms. The van der Waals surface area contributed by atoms with E-state index in [4.69, 9.17) is 5.41 Å². The second kappa shape index (κ2) is 6.20. The van der Waals surface area contributed by atoms with E-state index in [0.717, 1.165) is 15.3 Å². The van der Waals surface area contributed by atoms with Gasteiger partial charge in [0.15, 0.2) is 5.96 Å². The molecule has 0 bridgehead atoms. The van der Waals surface area contributed by atoms with Gasteiger partial charge in [0, 0.05) is 29.9 Å². The maximum atomic E-state index is 12.7. The smallest absolute Gasteiger partial charge is 0.236 e. The zero-order valence-electron chi connectivity index (χ0n) is 14.5. The largest absolute Gasteiger partial charge is 0.344 e. The summed E-state index contributed by atoms with van der Waals surface area (Å²) in [6.07, 6.45) is 0. The van der Waals surface area contributed by atoms with Crippen molar-refractivity contribution in [1.29, 1.82) is 15.9 Å². The van der Waals surface area contributed by atoms with Crippen molar-refractivity contribution in [2.75, 3.05) is 20.1 Å². The number of rotatable bonds is 2. The summed E-state index contributed by atoms with van der Waals surface area (Å²) < 4.78 is 0. The average molecular weight is 376 g/mol. The van der Waals surface area contributed by atoms with Gasteiger partial charge >= 0.3 is 0 Å². The summed E-state index contributed by atoms with van der Waals surface area (Å²) in [4.78, 5) is 15.9. The van der Waals surface area contributed by atoms with Crippen LogP contribution in [-0.4, -0.2) is 36.9 Å². The Morgan fingerprint density at radius 2 is 1.96 bits per heavy atom. The topological polar surface area (TPSA) is 116 Å². The van der Waals surface area contributed by atoms with Gasteiger partial charge in [0.25, 0.3) is 0 Å². The molecule has 2 fully saturated rings. The first kappa shape index (κ1) is 17.2. The first-order valence-electron chi connectivity index (χ1n) is 8.39. The molecule has 2 atom stereocenters. The van der Waals surface area contributed by atoms with Crippen molar-refractivity contribution in [2.45, 2.75) is 5.54 Å². The molecular weight excluding hydrogens is 360 g/mol. The molecule has 2 aromatic rings. The number of hydrogen-bond acceptors (Lipinski definition) is 6. The summed E-state index contributed by atoms with van der Waals surface area (Å²) in [7, 11) is 1.61. The minimum absolute atomic E-state index is 0.0723. The normalized spacial score (nSPS) is 24.1. The van der Waals surface area contributed by atoms with Crippen molar-refractivity contribution in [3.05, 3.63) is 46.3 Å². The van der Waals surface area contributed by atoms with E-state index in [9.17, 15) is 15.3 Å². The number of nitrogens with zero attached hydrogens (tertiary/aromatic N) is 3. The maximum Gasteiger partial charge on any atom is 0.236 e. The first-order valence-corrected chi connectivity index (χ1v) is 9.21. The fraction of sp³-hybridized carbons (Fsp3) is 0.263. The lowest BCUT2D eigenvalue weighted by atomic mass is 9.83. The van der Waals surface area contributed by atoms with Gasteiger partial charge in [-0.3, -0.25) is 15.1 Å². The fourth-order valence-electron chi connectivity index (χ4n) is 3.73. The van der Waals surface area contributed by atoms with E-state index in [0.29, 0.717) is 24.2 Å². The summed E-state index contributed by atoms with van der Waals surface area (Å²) in [5, 5.41) is 33.0. The summed E-state index contributed by atoms with van der Waals surface area (Å²) in [5.41, 5.74) is 1.03. The lowest BCUT2D eigenvalue weighted by molar-refractivity contribution is -0.133. The Bertz CT molecular complexity index is 1010. The third-order valence-electron chi connectivity index (χ3n) is 5.17. The summed E-state index contributed by atoms with van der Waals surface area (Å²) >= 11 is 1.51. The number of fused-ring (bicyclic) bond motifs is 1. The Hall–Kier alpha value is -3.20. The van der Waals surface area contributed by atoms with Crippen LogP contribution >= 0.6 is 11.3 Å². The van der Waals surface area contributed by atoms with Crippen molar-refractivity contribution >= 4 is 23.2 Å². The predicted octanol–water partition coefficient (Wildman–Crippen LogP) is 1.57. The predicted molar refractivity (Wildman–Crippen MR) is 101 cm³/mol. The van der Waals surface area contributed by atoms with Gasteiger partial charge in [-0.15, -0.1) is 11.3 Å². The van der Waals surface area contributed by atoms with E-state index >= 15 is 0 Å². The van der Waals surface area contributed by atoms with Crippen LogP contribution in [0.25, 0.3) is 10.4 Å². The Kier molecular flexibility index (Phi) is 3.96. The minimum atomic E-state index is -0.644. The second-order valence-electron chi connectivity index (χ2n) is 6.71. The molecule has 0 aliphatic carbocycles. The van der Waals surface area contributed by atoms with Crippen LogP contribution in [-0.2, 0) is 10.3 Å². The van der Waals surface area contributed by atoms with Gasteiger partial charge in [0.1, 0.15) is 0 Å². The summed E-state index contributed by atoms with van der Waals surface area (Å²) in [6, 6.07) is 13.2. The Balaban J connectivity index is 1.77. The lowest BCUT2D eigenvalue weighted by Gasteiger charge is -2.42. The molecule has 2 aliphatic rings. The molecule has 2 aliphatic heterocycles. The van der Waals surface area contributed by atoms with Crippen LogP contribution in [0.1, 0.15) is 16.0 Å². The fourth-order valence-corrected chi connectivity index (χ4v) is 4.92. The zero-order valence-corrected chi connectivity index (χ0v) is 15.4. The molecule has 0 unspecified atom stereocenters. The molecule has 3 N–H and O–H groups in total. The molecule has 2 saturated heterocycles. The van der Waals surface area contributed by atoms with E-state index in [1.165, 1.54) is 16.2 Å². The van der Waals surface area contributed by atoms with Gasteiger partial charge in [-0.25, -0.2) is 0 Å². The average Bonchev–Trinajstić information content (AvgIpc) is 3.33. The number of guanidine groups is 1. The number of thiophene rings is 1. The van der Waals surface area contributed by atoms with E-state index < -0.39 is 5.54 Å². The highest BCUT2D eigenvalue weighted by atomic mass is 32.1. The number of benzene rings is 1. The van der Waals surface area contributed by atoms with Crippen LogP contribution in [0, 0.1) is 34.0 Å². The van der Waals surface area contributed by atoms with Crippen LogP contribution in [0.2, 0.25) is 0 Å². The van der Waals surface area contributed by atoms with Gasteiger partial charge in [-0.1, -0.05) is 0 Å². The zero-order chi connectivity index (χ0) is 19.2. The number of hydrogen-bond donors (Lipinski definition) is 3. The highest BCUT2D eigenvalue weighted by Crippen LogP contribution is 2.42. The monoisotopic (exact) mass is 376 g/mol. The van der Waals surface area contributed by atoms with Gasteiger partial charge < -0.3 is 10.6 Å².